The first-order valence-electron chi connectivity index (χ1n) is 9.20. The van der Waals surface area contributed by atoms with E-state index >= 15 is 0 Å². The van der Waals surface area contributed by atoms with Crippen molar-refractivity contribution >= 4 is 47.8 Å². The molecule has 2 rings (SSSR count). The molecule has 2 aromatic carbocycles. The van der Waals surface area contributed by atoms with Crippen molar-refractivity contribution in [2.75, 3.05) is 11.5 Å². The Morgan fingerprint density at radius 2 is 1.25 bits per heavy atom. The van der Waals surface area contributed by atoms with E-state index in [1.807, 2.05) is 18.2 Å². The molecule has 0 saturated heterocycles. The Hall–Kier alpha value is -1.27. The third kappa shape index (κ3) is 13.8. The van der Waals surface area contributed by atoms with Crippen molar-refractivity contribution in [2.24, 2.45) is 15.1 Å². The second kappa shape index (κ2) is 12.3. The van der Waals surface area contributed by atoms with E-state index in [4.69, 9.17) is 11.5 Å². The van der Waals surface area contributed by atoms with Gasteiger partial charge in [0.15, 0.2) is 0 Å². The fourth-order valence-corrected chi connectivity index (χ4v) is 2.97. The maximum absolute atomic E-state index is 5.71. The minimum absolute atomic E-state index is 0.329. The summed E-state index contributed by atoms with van der Waals surface area (Å²) in [5, 5.41) is 0. The molecule has 0 saturated carbocycles. The summed E-state index contributed by atoms with van der Waals surface area (Å²) in [5.41, 5.74) is 16.3. The number of nitrogens with two attached hydrogens (primary N) is 2. The summed E-state index contributed by atoms with van der Waals surface area (Å²) in [6.07, 6.45) is 2.18. The van der Waals surface area contributed by atoms with Crippen LogP contribution in [-0.4, -0.2) is 7.64 Å². The van der Waals surface area contributed by atoms with Gasteiger partial charge in [-0.2, -0.15) is 0 Å². The van der Waals surface area contributed by atoms with Gasteiger partial charge < -0.3 is 11.5 Å². The molecule has 0 spiro atoms. The van der Waals surface area contributed by atoms with Gasteiger partial charge in [-0.3, -0.25) is 0 Å². The topological polar surface area (TPSA) is 64.4 Å². The van der Waals surface area contributed by atoms with Crippen molar-refractivity contribution in [2.45, 2.75) is 54.4 Å². The molecule has 2 aromatic rings. The van der Waals surface area contributed by atoms with Crippen molar-refractivity contribution in [1.82, 2.24) is 0 Å². The van der Waals surface area contributed by atoms with Gasteiger partial charge in [0.25, 0.3) is 0 Å². The van der Waals surface area contributed by atoms with Crippen molar-refractivity contribution in [3.05, 3.63) is 58.1 Å². The third-order valence-corrected chi connectivity index (χ3v) is 4.20. The molecule has 28 heavy (non-hydrogen) atoms. The number of anilines is 2. The monoisotopic (exact) mass is 462 g/mol. The zero-order valence-electron chi connectivity index (χ0n) is 18.0. The van der Waals surface area contributed by atoms with Gasteiger partial charge in [-0.25, -0.2) is 0 Å². The Morgan fingerprint density at radius 1 is 0.857 bits per heavy atom. The molecule has 4 N–H and O–H groups in total. The predicted octanol–water partition coefficient (Wildman–Crippen LogP) is 6.66. The first-order valence-corrected chi connectivity index (χ1v) is 10.4. The molecule has 3 nitrogen and oxygen atoms in total. The summed E-state index contributed by atoms with van der Waals surface area (Å²) in [7, 11) is 4.34. The van der Waals surface area contributed by atoms with Crippen LogP contribution < -0.4 is 11.5 Å². The second-order valence-electron chi connectivity index (χ2n) is 9.19. The summed E-state index contributed by atoms with van der Waals surface area (Å²) >= 11 is 6.62. The van der Waals surface area contributed by atoms with E-state index in [0.717, 1.165) is 28.7 Å². The van der Waals surface area contributed by atoms with Crippen molar-refractivity contribution in [3.63, 3.8) is 0 Å². The fourth-order valence-electron chi connectivity index (χ4n) is 2.54. The SMILES string of the molecule is CC(C)(C)Cc1ccc(N)c(Br)c1.CC(C)(C)Cc1ccc(N)cc1.[B]=NS. The van der Waals surface area contributed by atoms with E-state index in [-0.39, 0.29) is 0 Å². The van der Waals surface area contributed by atoms with Gasteiger partial charge in [0.1, 0.15) is 0 Å². The normalized spacial score (nSPS) is 10.8. The van der Waals surface area contributed by atoms with Gasteiger partial charge in [-0.1, -0.05) is 59.7 Å². The van der Waals surface area contributed by atoms with E-state index in [9.17, 15) is 0 Å². The molecule has 153 valence electrons. The van der Waals surface area contributed by atoms with Crippen LogP contribution in [0.25, 0.3) is 0 Å². The number of benzene rings is 2. The summed E-state index contributed by atoms with van der Waals surface area (Å²) in [4.78, 5) is 0. The Kier molecular flexibility index (Phi) is 11.8. The average Bonchev–Trinajstić information content (AvgIpc) is 2.52. The quantitative estimate of drug-likeness (QED) is 0.265. The number of hydrogen-bond acceptors (Lipinski definition) is 4. The zero-order chi connectivity index (χ0) is 22.0. The molecule has 0 atom stereocenters. The molecule has 0 fully saturated rings. The van der Waals surface area contributed by atoms with Gasteiger partial charge in [0.05, 0.1) is 0 Å². The average molecular weight is 463 g/mol. The van der Waals surface area contributed by atoms with Gasteiger partial charge in [0.2, 0.25) is 0 Å². The Morgan fingerprint density at radius 3 is 1.64 bits per heavy atom. The van der Waals surface area contributed by atoms with Crippen LogP contribution in [0.15, 0.2) is 51.2 Å². The van der Waals surface area contributed by atoms with E-state index in [1.54, 1.807) is 0 Å². The molecular formula is C22H34BBrN3S. The van der Waals surface area contributed by atoms with Gasteiger partial charge in [-0.15, -0.1) is 0 Å². The van der Waals surface area contributed by atoms with Gasteiger partial charge in [0, 0.05) is 15.8 Å². The molecule has 6 heteroatoms. The Balaban J connectivity index is 0.000000458. The first kappa shape index (κ1) is 26.7. The molecule has 0 aliphatic heterocycles. The van der Waals surface area contributed by atoms with E-state index < -0.39 is 0 Å². The van der Waals surface area contributed by atoms with Crippen LogP contribution in [0.2, 0.25) is 0 Å². The standard InChI is InChI=1S/C11H16BrN.C11H17N.BHNS/c1-11(2,3)7-8-4-5-10(13)9(12)6-8;1-11(2,3)8-9-4-6-10(12)7-5-9;1-2-3/h4-6H,7,13H2,1-3H3;4-7H,8,12H2,1-3H3;3H. The Bertz CT molecular complexity index is 720. The van der Waals surface area contributed by atoms with Crippen LogP contribution in [0.1, 0.15) is 52.7 Å². The minimum atomic E-state index is 0.329. The number of nitrogens with zero attached hydrogens (tertiary/aromatic N) is 1. The van der Waals surface area contributed by atoms with Crippen molar-refractivity contribution in [3.8, 4) is 0 Å². The molecule has 0 aliphatic carbocycles. The molecule has 0 bridgehead atoms. The number of thiol groups is 1. The number of hydrogen-bond donors (Lipinski definition) is 3. The summed E-state index contributed by atoms with van der Waals surface area (Å²) in [5.74, 6) is 0. The van der Waals surface area contributed by atoms with Crippen LogP contribution in [0.4, 0.5) is 11.4 Å². The van der Waals surface area contributed by atoms with Crippen molar-refractivity contribution < 1.29 is 0 Å². The molecule has 1 radical (unpaired) electrons. The number of rotatable bonds is 2. The van der Waals surface area contributed by atoms with Gasteiger partial charge >= 0.3 is 24.8 Å². The first-order chi connectivity index (χ1) is 12.8. The van der Waals surface area contributed by atoms with E-state index in [0.29, 0.717) is 10.8 Å². The summed E-state index contributed by atoms with van der Waals surface area (Å²) < 4.78 is 3.69. The molecular weight excluding hydrogens is 429 g/mol. The molecule has 0 heterocycles. The zero-order valence-corrected chi connectivity index (χ0v) is 20.4. The second-order valence-corrected chi connectivity index (χ2v) is 10.3. The van der Waals surface area contributed by atoms with Crippen LogP contribution >= 0.6 is 28.7 Å². The number of halogens is 1. The van der Waals surface area contributed by atoms with E-state index in [2.05, 4.69) is 106 Å². The van der Waals surface area contributed by atoms with Crippen molar-refractivity contribution in [1.29, 1.82) is 0 Å². The van der Waals surface area contributed by atoms with Crippen LogP contribution in [0, 0.1) is 10.8 Å². The molecule has 0 unspecified atom stereocenters. The molecule has 0 amide bonds. The van der Waals surface area contributed by atoms with Crippen LogP contribution in [-0.2, 0) is 12.8 Å². The van der Waals surface area contributed by atoms with Crippen LogP contribution in [0.5, 0.6) is 0 Å². The summed E-state index contributed by atoms with van der Waals surface area (Å²) in [6, 6.07) is 14.3. The molecule has 0 aromatic heterocycles. The van der Waals surface area contributed by atoms with E-state index in [1.165, 1.54) is 11.1 Å². The Labute approximate surface area is 186 Å². The van der Waals surface area contributed by atoms with Crippen LogP contribution in [0.3, 0.4) is 0 Å². The third-order valence-electron chi connectivity index (χ3n) is 3.51. The molecule has 0 aliphatic rings. The fraction of sp³-hybridized carbons (Fsp3) is 0.455. The van der Waals surface area contributed by atoms with Gasteiger partial charge in [-0.05, 0) is 75.0 Å². The summed E-state index contributed by atoms with van der Waals surface area (Å²) in [6.45, 7) is 13.4. The predicted molar refractivity (Wildman–Crippen MR) is 133 cm³/mol. The maximum atomic E-state index is 5.71. The number of nitrogen functional groups attached to an aromatic ring is 2.